The molecule has 2 fully saturated rings. The van der Waals surface area contributed by atoms with E-state index >= 15 is 0 Å². The van der Waals surface area contributed by atoms with Gasteiger partial charge in [-0.25, -0.2) is 4.39 Å². The van der Waals surface area contributed by atoms with Gasteiger partial charge in [0.15, 0.2) is 0 Å². The van der Waals surface area contributed by atoms with Crippen LogP contribution in [0.4, 0.5) is 4.39 Å². The van der Waals surface area contributed by atoms with E-state index in [0.717, 1.165) is 56.6 Å². The van der Waals surface area contributed by atoms with Crippen LogP contribution in [-0.2, 0) is 6.54 Å². The fourth-order valence-corrected chi connectivity index (χ4v) is 4.20. The topological polar surface area (TPSA) is 23.6 Å². The Labute approximate surface area is 148 Å². The van der Waals surface area contributed by atoms with Crippen molar-refractivity contribution in [1.29, 1.82) is 0 Å². The highest BCUT2D eigenvalue weighted by atomic mass is 19.1. The first-order chi connectivity index (χ1) is 12.2. The monoisotopic (exact) mass is 338 g/mol. The summed E-state index contributed by atoms with van der Waals surface area (Å²) in [5, 5.41) is 0. The number of benzene rings is 2. The predicted octanol–water partition coefficient (Wildman–Crippen LogP) is 3.71. The molecule has 4 heteroatoms. The molecule has 2 aromatic carbocycles. The van der Waals surface area contributed by atoms with Gasteiger partial charge in [0.25, 0.3) is 5.91 Å². The minimum Gasteiger partial charge on any atom is -0.337 e. The smallest absolute Gasteiger partial charge is 0.253 e. The van der Waals surface area contributed by atoms with E-state index in [1.54, 1.807) is 12.1 Å². The van der Waals surface area contributed by atoms with E-state index in [1.807, 2.05) is 41.3 Å². The quantitative estimate of drug-likeness (QED) is 0.852. The van der Waals surface area contributed by atoms with Gasteiger partial charge in [-0.3, -0.25) is 9.69 Å². The zero-order valence-electron chi connectivity index (χ0n) is 14.3. The van der Waals surface area contributed by atoms with Crippen molar-refractivity contribution < 1.29 is 9.18 Å². The molecule has 1 spiro atoms. The lowest BCUT2D eigenvalue weighted by atomic mass is 9.77. The largest absolute Gasteiger partial charge is 0.337 e. The summed E-state index contributed by atoms with van der Waals surface area (Å²) in [6.07, 6.45) is 3.25. The summed E-state index contributed by atoms with van der Waals surface area (Å²) in [6, 6.07) is 16.4. The SMILES string of the molecule is O=C(c1ccccc1)N1CCCC2(CCN2Cc2cccc(F)c2)C1. The second-order valence-corrected chi connectivity index (χ2v) is 7.22. The van der Waals surface area contributed by atoms with Crippen molar-refractivity contribution in [3.05, 3.63) is 71.5 Å². The molecule has 2 aliphatic rings. The Morgan fingerprint density at radius 1 is 1.04 bits per heavy atom. The van der Waals surface area contributed by atoms with Crippen molar-refractivity contribution in [2.75, 3.05) is 19.6 Å². The number of nitrogens with zero attached hydrogens (tertiary/aromatic N) is 2. The van der Waals surface area contributed by atoms with Crippen LogP contribution in [0.15, 0.2) is 54.6 Å². The standard InChI is InChI=1S/C21H23FN2O/c22-19-9-4-6-17(14-19)15-24-13-11-21(24)10-5-12-23(16-21)20(25)18-7-2-1-3-8-18/h1-4,6-9,14H,5,10-13,15-16H2. The predicted molar refractivity (Wildman–Crippen MR) is 95.7 cm³/mol. The summed E-state index contributed by atoms with van der Waals surface area (Å²) in [6.45, 7) is 3.37. The summed E-state index contributed by atoms with van der Waals surface area (Å²) in [5.41, 5.74) is 1.83. The number of rotatable bonds is 3. The molecule has 2 heterocycles. The van der Waals surface area contributed by atoms with Gasteiger partial charge in [-0.15, -0.1) is 0 Å². The van der Waals surface area contributed by atoms with Crippen LogP contribution in [-0.4, -0.2) is 40.9 Å². The van der Waals surface area contributed by atoms with Crippen molar-refractivity contribution in [2.45, 2.75) is 31.3 Å². The average Bonchev–Trinajstić information content (AvgIpc) is 2.65. The maximum Gasteiger partial charge on any atom is 0.253 e. The van der Waals surface area contributed by atoms with Gasteiger partial charge in [0.1, 0.15) is 5.82 Å². The van der Waals surface area contributed by atoms with Crippen molar-refractivity contribution >= 4 is 5.91 Å². The minimum atomic E-state index is -0.184. The summed E-state index contributed by atoms with van der Waals surface area (Å²) >= 11 is 0. The Balaban J connectivity index is 1.47. The van der Waals surface area contributed by atoms with Crippen LogP contribution in [0.3, 0.4) is 0 Å². The molecule has 1 atom stereocenters. The molecule has 1 amide bonds. The molecule has 3 nitrogen and oxygen atoms in total. The molecular weight excluding hydrogens is 315 g/mol. The lowest BCUT2D eigenvalue weighted by molar-refractivity contribution is -0.0649. The zero-order chi connectivity index (χ0) is 17.3. The van der Waals surface area contributed by atoms with E-state index in [1.165, 1.54) is 6.07 Å². The van der Waals surface area contributed by atoms with Gasteiger partial charge in [-0.05, 0) is 49.1 Å². The number of hydrogen-bond acceptors (Lipinski definition) is 2. The third-order valence-electron chi connectivity index (χ3n) is 5.64. The molecule has 2 aromatic rings. The number of carbonyl (C=O) groups is 1. The van der Waals surface area contributed by atoms with Gasteiger partial charge in [-0.2, -0.15) is 0 Å². The van der Waals surface area contributed by atoms with Gasteiger partial charge in [-0.1, -0.05) is 30.3 Å². The number of carbonyl (C=O) groups excluding carboxylic acids is 1. The molecular formula is C21H23FN2O. The Morgan fingerprint density at radius 2 is 1.88 bits per heavy atom. The molecule has 0 radical (unpaired) electrons. The fourth-order valence-electron chi connectivity index (χ4n) is 4.20. The third kappa shape index (κ3) is 3.19. The third-order valence-corrected chi connectivity index (χ3v) is 5.64. The zero-order valence-corrected chi connectivity index (χ0v) is 14.3. The fraction of sp³-hybridized carbons (Fsp3) is 0.381. The summed E-state index contributed by atoms with van der Waals surface area (Å²) in [4.78, 5) is 17.2. The van der Waals surface area contributed by atoms with Gasteiger partial charge in [0, 0.05) is 37.3 Å². The molecule has 0 N–H and O–H groups in total. The van der Waals surface area contributed by atoms with Crippen LogP contribution in [0.5, 0.6) is 0 Å². The van der Waals surface area contributed by atoms with Crippen molar-refractivity contribution in [3.63, 3.8) is 0 Å². The lowest BCUT2D eigenvalue weighted by Gasteiger charge is -2.57. The average molecular weight is 338 g/mol. The Hall–Kier alpha value is -2.20. The molecule has 0 aliphatic carbocycles. The van der Waals surface area contributed by atoms with Crippen LogP contribution in [0, 0.1) is 5.82 Å². The molecule has 0 bridgehead atoms. The second kappa shape index (κ2) is 6.60. The molecule has 0 saturated carbocycles. The normalized spacial score (nSPS) is 23.5. The Bertz CT molecular complexity index is 764. The van der Waals surface area contributed by atoms with Crippen LogP contribution in [0.2, 0.25) is 0 Å². The van der Waals surface area contributed by atoms with E-state index in [2.05, 4.69) is 4.90 Å². The number of halogens is 1. The first-order valence-corrected chi connectivity index (χ1v) is 9.00. The van der Waals surface area contributed by atoms with E-state index in [-0.39, 0.29) is 17.3 Å². The summed E-state index contributed by atoms with van der Waals surface area (Å²) < 4.78 is 13.5. The van der Waals surface area contributed by atoms with Crippen molar-refractivity contribution in [2.24, 2.45) is 0 Å². The molecule has 0 aromatic heterocycles. The Morgan fingerprint density at radius 3 is 2.60 bits per heavy atom. The second-order valence-electron chi connectivity index (χ2n) is 7.22. The molecule has 2 saturated heterocycles. The number of piperidine rings is 1. The van der Waals surface area contributed by atoms with Gasteiger partial charge < -0.3 is 4.90 Å². The van der Waals surface area contributed by atoms with E-state index < -0.39 is 0 Å². The molecule has 25 heavy (non-hydrogen) atoms. The summed E-state index contributed by atoms with van der Waals surface area (Å²) in [7, 11) is 0. The van der Waals surface area contributed by atoms with Crippen molar-refractivity contribution in [3.8, 4) is 0 Å². The van der Waals surface area contributed by atoms with E-state index in [4.69, 9.17) is 0 Å². The summed E-state index contributed by atoms with van der Waals surface area (Å²) in [5.74, 6) is -0.0612. The van der Waals surface area contributed by atoms with E-state index in [0.29, 0.717) is 0 Å². The number of likely N-dealkylation sites (tertiary alicyclic amines) is 2. The number of hydrogen-bond donors (Lipinski definition) is 0. The van der Waals surface area contributed by atoms with Crippen LogP contribution in [0.25, 0.3) is 0 Å². The molecule has 130 valence electrons. The van der Waals surface area contributed by atoms with Gasteiger partial charge >= 0.3 is 0 Å². The highest BCUT2D eigenvalue weighted by molar-refractivity contribution is 5.94. The maximum absolute atomic E-state index is 13.5. The van der Waals surface area contributed by atoms with Crippen LogP contribution in [0.1, 0.15) is 35.2 Å². The van der Waals surface area contributed by atoms with Crippen LogP contribution >= 0.6 is 0 Å². The van der Waals surface area contributed by atoms with Crippen molar-refractivity contribution in [1.82, 2.24) is 9.80 Å². The maximum atomic E-state index is 13.5. The first kappa shape index (κ1) is 16.3. The highest BCUT2D eigenvalue weighted by Gasteiger charge is 2.47. The first-order valence-electron chi connectivity index (χ1n) is 9.00. The number of amides is 1. The lowest BCUT2D eigenvalue weighted by Crippen LogP contribution is -2.66. The van der Waals surface area contributed by atoms with Gasteiger partial charge in [0.05, 0.1) is 0 Å². The van der Waals surface area contributed by atoms with Gasteiger partial charge in [0.2, 0.25) is 0 Å². The van der Waals surface area contributed by atoms with E-state index in [9.17, 15) is 9.18 Å². The molecule has 1 unspecified atom stereocenters. The molecule has 2 aliphatic heterocycles. The van der Waals surface area contributed by atoms with Crippen LogP contribution < -0.4 is 0 Å². The highest BCUT2D eigenvalue weighted by Crippen LogP contribution is 2.40. The Kier molecular flexibility index (Phi) is 4.30. The molecule has 4 rings (SSSR count). The minimum absolute atomic E-state index is 0.0645.